The summed E-state index contributed by atoms with van der Waals surface area (Å²) in [5.74, 6) is -0.787. The summed E-state index contributed by atoms with van der Waals surface area (Å²) in [6, 6.07) is 9.52. The summed E-state index contributed by atoms with van der Waals surface area (Å²) in [6.45, 7) is 3.38. The molecule has 1 saturated carbocycles. The number of nitrogens with one attached hydrogen (secondary N) is 3. The molecule has 0 bridgehead atoms. The Bertz CT molecular complexity index is 1410. The predicted octanol–water partition coefficient (Wildman–Crippen LogP) is 3.30. The number of aliphatic carboxylic acids is 1. The molecule has 0 radical (unpaired) electrons. The lowest BCUT2D eigenvalue weighted by Gasteiger charge is -2.11. The number of aromatic nitrogens is 1. The van der Waals surface area contributed by atoms with Crippen LogP contribution < -0.4 is 15.4 Å². The number of nitrogens with zero attached hydrogens (tertiary/aromatic N) is 1. The number of carboxylic acids is 1. The van der Waals surface area contributed by atoms with E-state index in [9.17, 15) is 18.0 Å². The monoisotopic (exact) mass is 542 g/mol. The number of amides is 1. The average Bonchev–Trinajstić information content (AvgIpc) is 3.65. The molecule has 4 N–H and O–H groups in total. The molecule has 1 fully saturated rings. The summed E-state index contributed by atoms with van der Waals surface area (Å²) < 4.78 is 34.5. The molecule has 2 heterocycles. The molecule has 4 rings (SSSR count). The van der Waals surface area contributed by atoms with E-state index in [4.69, 9.17) is 9.52 Å². The van der Waals surface area contributed by atoms with Gasteiger partial charge in [0.1, 0.15) is 11.5 Å². The standard InChI is InChI=1S/C27H34N4O6S/c1-17-6-8-19(9-7-17)25-24(26(34)28-2)21-15-20(18-10-11-18)22(31-27(21)37-25)16-38(35,36)30-14-4-13-29-12-3-5-23(32)33/h6-9,15,18,29-30H,3-5,10-14,16H2,1-2H3,(H,28,34)(H,32,33). The van der Waals surface area contributed by atoms with Gasteiger partial charge in [-0.1, -0.05) is 29.8 Å². The Morgan fingerprint density at radius 1 is 1.11 bits per heavy atom. The lowest BCUT2D eigenvalue weighted by atomic mass is 10.0. The molecule has 204 valence electrons. The molecule has 10 nitrogen and oxygen atoms in total. The maximum absolute atomic E-state index is 12.9. The van der Waals surface area contributed by atoms with Gasteiger partial charge in [-0.25, -0.2) is 18.1 Å². The van der Waals surface area contributed by atoms with Crippen LogP contribution in [0.15, 0.2) is 34.7 Å². The molecule has 38 heavy (non-hydrogen) atoms. The molecule has 1 aromatic carbocycles. The van der Waals surface area contributed by atoms with Crippen molar-refractivity contribution >= 4 is 33.0 Å². The number of aryl methyl sites for hydroxylation is 1. The molecule has 0 unspecified atom stereocenters. The van der Waals surface area contributed by atoms with E-state index in [0.29, 0.717) is 48.3 Å². The van der Waals surface area contributed by atoms with Crippen LogP contribution in [0.4, 0.5) is 0 Å². The van der Waals surface area contributed by atoms with E-state index in [-0.39, 0.29) is 36.3 Å². The summed E-state index contributed by atoms with van der Waals surface area (Å²) in [7, 11) is -2.10. The number of hydrogen-bond acceptors (Lipinski definition) is 7. The molecule has 2 aromatic heterocycles. The van der Waals surface area contributed by atoms with Crippen LogP contribution in [0.5, 0.6) is 0 Å². The zero-order chi connectivity index (χ0) is 27.3. The maximum Gasteiger partial charge on any atom is 0.303 e. The van der Waals surface area contributed by atoms with Crippen LogP contribution in [0, 0.1) is 6.92 Å². The summed E-state index contributed by atoms with van der Waals surface area (Å²) in [5, 5.41) is 15.0. The third-order valence-corrected chi connectivity index (χ3v) is 7.80. The predicted molar refractivity (Wildman–Crippen MR) is 145 cm³/mol. The second-order valence-corrected chi connectivity index (χ2v) is 11.5. The van der Waals surface area contributed by atoms with Gasteiger partial charge in [0.2, 0.25) is 15.7 Å². The number of pyridine rings is 1. The van der Waals surface area contributed by atoms with Gasteiger partial charge in [0.15, 0.2) is 0 Å². The summed E-state index contributed by atoms with van der Waals surface area (Å²) in [5.41, 5.74) is 3.72. The van der Waals surface area contributed by atoms with Crippen LogP contribution in [0.2, 0.25) is 0 Å². The lowest BCUT2D eigenvalue weighted by Crippen LogP contribution is -2.29. The third-order valence-electron chi connectivity index (χ3n) is 6.50. The molecular weight excluding hydrogens is 508 g/mol. The maximum atomic E-state index is 12.9. The number of furan rings is 1. The van der Waals surface area contributed by atoms with Crippen LogP contribution >= 0.6 is 0 Å². The Labute approximate surface area is 222 Å². The van der Waals surface area contributed by atoms with Crippen LogP contribution in [0.3, 0.4) is 0 Å². The lowest BCUT2D eigenvalue weighted by molar-refractivity contribution is -0.137. The van der Waals surface area contributed by atoms with E-state index >= 15 is 0 Å². The minimum Gasteiger partial charge on any atom is -0.481 e. The SMILES string of the molecule is CNC(=O)c1c(-c2ccc(C)cc2)oc2nc(CS(=O)(=O)NCCCNCCCC(=O)O)c(C3CC3)cc12. The fourth-order valence-electron chi connectivity index (χ4n) is 4.36. The molecule has 0 atom stereocenters. The van der Waals surface area contributed by atoms with Crippen molar-refractivity contribution in [3.63, 3.8) is 0 Å². The quantitative estimate of drug-likeness (QED) is 0.227. The molecule has 0 spiro atoms. The largest absolute Gasteiger partial charge is 0.481 e. The van der Waals surface area contributed by atoms with Crippen LogP contribution in [0.25, 0.3) is 22.4 Å². The van der Waals surface area contributed by atoms with Gasteiger partial charge in [-0.05, 0) is 63.2 Å². The molecule has 0 saturated heterocycles. The smallest absolute Gasteiger partial charge is 0.303 e. The fraction of sp³-hybridized carbons (Fsp3) is 0.444. The Balaban J connectivity index is 1.53. The van der Waals surface area contributed by atoms with E-state index in [1.165, 1.54) is 0 Å². The highest BCUT2D eigenvalue weighted by molar-refractivity contribution is 7.88. The summed E-state index contributed by atoms with van der Waals surface area (Å²) >= 11 is 0. The number of carboxylic acid groups (broad SMARTS) is 1. The van der Waals surface area contributed by atoms with Crippen molar-refractivity contribution in [3.05, 3.63) is 52.7 Å². The summed E-state index contributed by atoms with van der Waals surface area (Å²) in [4.78, 5) is 28.1. The van der Waals surface area contributed by atoms with Crippen molar-refractivity contribution in [2.45, 2.75) is 50.7 Å². The number of carbonyl (C=O) groups excluding carboxylic acids is 1. The molecule has 11 heteroatoms. The van der Waals surface area contributed by atoms with E-state index in [1.54, 1.807) is 7.05 Å². The second-order valence-electron chi connectivity index (χ2n) is 9.66. The average molecular weight is 543 g/mol. The fourth-order valence-corrected chi connectivity index (χ4v) is 5.51. The molecule has 1 amide bonds. The topological polar surface area (TPSA) is 151 Å². The zero-order valence-electron chi connectivity index (χ0n) is 21.7. The number of benzene rings is 1. The molecule has 0 aliphatic heterocycles. The Kier molecular flexibility index (Phi) is 8.80. The first-order chi connectivity index (χ1) is 18.2. The van der Waals surface area contributed by atoms with Gasteiger partial charge in [-0.15, -0.1) is 0 Å². The number of carbonyl (C=O) groups is 2. The van der Waals surface area contributed by atoms with Crippen molar-refractivity contribution in [1.82, 2.24) is 20.3 Å². The van der Waals surface area contributed by atoms with Gasteiger partial charge >= 0.3 is 5.97 Å². The molecular formula is C27H34N4O6S. The van der Waals surface area contributed by atoms with Crippen LogP contribution in [-0.4, -0.2) is 57.1 Å². The van der Waals surface area contributed by atoms with Gasteiger partial charge in [-0.2, -0.15) is 0 Å². The molecule has 3 aromatic rings. The highest BCUT2D eigenvalue weighted by Crippen LogP contribution is 2.44. The van der Waals surface area contributed by atoms with Crippen LogP contribution in [0.1, 0.15) is 65.2 Å². The first kappa shape index (κ1) is 27.7. The normalized spacial score (nSPS) is 13.6. The Morgan fingerprint density at radius 2 is 1.82 bits per heavy atom. The first-order valence-electron chi connectivity index (χ1n) is 12.8. The minimum atomic E-state index is -3.66. The van der Waals surface area contributed by atoms with Crippen molar-refractivity contribution < 1.29 is 27.5 Å². The van der Waals surface area contributed by atoms with E-state index in [1.807, 2.05) is 37.3 Å². The van der Waals surface area contributed by atoms with Gasteiger partial charge in [0, 0.05) is 25.6 Å². The number of fused-ring (bicyclic) bond motifs is 1. The molecule has 1 aliphatic rings. The van der Waals surface area contributed by atoms with E-state index in [0.717, 1.165) is 29.5 Å². The van der Waals surface area contributed by atoms with Crippen molar-refractivity contribution in [3.8, 4) is 11.3 Å². The number of rotatable bonds is 14. The van der Waals surface area contributed by atoms with Crippen molar-refractivity contribution in [2.75, 3.05) is 26.7 Å². The Morgan fingerprint density at radius 3 is 2.47 bits per heavy atom. The van der Waals surface area contributed by atoms with E-state index < -0.39 is 16.0 Å². The first-order valence-corrected chi connectivity index (χ1v) is 14.5. The Hall–Kier alpha value is -3.28. The second kappa shape index (κ2) is 12.1. The van der Waals surface area contributed by atoms with Crippen LogP contribution in [-0.2, 0) is 20.6 Å². The van der Waals surface area contributed by atoms with Crippen molar-refractivity contribution in [1.29, 1.82) is 0 Å². The van der Waals surface area contributed by atoms with Gasteiger partial charge in [-0.3, -0.25) is 9.59 Å². The zero-order valence-corrected chi connectivity index (χ0v) is 22.5. The van der Waals surface area contributed by atoms with Gasteiger partial charge in [0.05, 0.1) is 16.6 Å². The van der Waals surface area contributed by atoms with Gasteiger partial charge in [0.25, 0.3) is 5.91 Å². The summed E-state index contributed by atoms with van der Waals surface area (Å²) in [6.07, 6.45) is 3.09. The van der Waals surface area contributed by atoms with Gasteiger partial charge < -0.3 is 20.2 Å². The molecule has 1 aliphatic carbocycles. The minimum absolute atomic E-state index is 0.104. The van der Waals surface area contributed by atoms with Crippen molar-refractivity contribution in [2.24, 2.45) is 0 Å². The highest BCUT2D eigenvalue weighted by Gasteiger charge is 2.31. The van der Waals surface area contributed by atoms with E-state index in [2.05, 4.69) is 20.3 Å². The number of sulfonamides is 1. The highest BCUT2D eigenvalue weighted by atomic mass is 32.2. The number of hydrogen-bond donors (Lipinski definition) is 4. The third kappa shape index (κ3) is 6.97.